The van der Waals surface area contributed by atoms with Crippen LogP contribution in [0.1, 0.15) is 11.1 Å². The third kappa shape index (κ3) is 6.49. The summed E-state index contributed by atoms with van der Waals surface area (Å²) < 4.78 is 0.431. The number of nitrogens with one attached hydrogen (secondary N) is 2. The average molecular weight is 524 g/mol. The number of hydrogen-bond acceptors (Lipinski definition) is 10. The Morgan fingerprint density at radius 2 is 1.88 bits per heavy atom. The summed E-state index contributed by atoms with van der Waals surface area (Å²) >= 11 is 3.18. The molecule has 1 heterocycles. The van der Waals surface area contributed by atoms with Gasteiger partial charge >= 0.3 is 5.69 Å². The van der Waals surface area contributed by atoms with Crippen molar-refractivity contribution >= 4 is 58.1 Å². The van der Waals surface area contributed by atoms with E-state index in [1.807, 2.05) is 30.3 Å². The number of aromatic nitrogens is 3. The third-order valence-corrected chi connectivity index (χ3v) is 4.42. The van der Waals surface area contributed by atoms with Gasteiger partial charge < -0.3 is 15.3 Å². The number of benzene rings is 2. The van der Waals surface area contributed by atoms with Crippen LogP contribution in [-0.2, 0) is 6.54 Å². The highest BCUT2D eigenvalue weighted by Crippen LogP contribution is 2.32. The second-order valence-corrected chi connectivity index (χ2v) is 7.42. The van der Waals surface area contributed by atoms with E-state index >= 15 is 0 Å². The molecule has 0 radical (unpaired) electrons. The third-order valence-electron chi connectivity index (χ3n) is 3.97. The minimum absolute atomic E-state index is 0. The van der Waals surface area contributed by atoms with Crippen LogP contribution in [0, 0.1) is 10.1 Å². The molecular weight excluding hydrogens is 504 g/mol. The van der Waals surface area contributed by atoms with E-state index in [0.29, 0.717) is 22.9 Å². The van der Waals surface area contributed by atoms with E-state index in [1.54, 1.807) is 19.0 Å². The van der Waals surface area contributed by atoms with Crippen LogP contribution in [0.25, 0.3) is 0 Å². The molecule has 0 aliphatic rings. The number of rotatable bonds is 8. The Morgan fingerprint density at radius 3 is 2.53 bits per heavy atom. The lowest BCUT2D eigenvalue weighted by atomic mass is 10.2. The molecule has 11 nitrogen and oxygen atoms in total. The van der Waals surface area contributed by atoms with Gasteiger partial charge in [-0.2, -0.15) is 20.1 Å². The van der Waals surface area contributed by atoms with E-state index in [4.69, 9.17) is 0 Å². The molecule has 0 amide bonds. The molecule has 0 spiro atoms. The number of halogens is 2. The van der Waals surface area contributed by atoms with E-state index in [2.05, 4.69) is 46.7 Å². The Balaban J connectivity index is 0.00000363. The van der Waals surface area contributed by atoms with Gasteiger partial charge in [-0.3, -0.25) is 10.1 Å². The lowest BCUT2D eigenvalue weighted by Crippen LogP contribution is -2.16. The first-order valence-corrected chi connectivity index (χ1v) is 9.80. The standard InChI is InChI=1S/C19H19BrN8O3.ClH/c1-27(2)19-24-17(21-10-12-6-4-3-5-7-12)23-18(25-19)26-22-11-13-8-14(20)9-15(16(13)29)28(30)31;/h3-9,11,29H,10H2,1-2H3,(H2,21,23,24,25,26);1H. The summed E-state index contributed by atoms with van der Waals surface area (Å²) in [6.45, 7) is 0.524. The Morgan fingerprint density at radius 1 is 1.19 bits per heavy atom. The molecule has 0 aliphatic carbocycles. The molecule has 0 unspecified atom stereocenters. The molecule has 0 fully saturated rings. The first-order valence-electron chi connectivity index (χ1n) is 9.00. The number of phenols is 1. The fourth-order valence-corrected chi connectivity index (χ4v) is 2.94. The van der Waals surface area contributed by atoms with Crippen LogP contribution in [0.5, 0.6) is 5.75 Å². The predicted molar refractivity (Wildman–Crippen MR) is 129 cm³/mol. The molecule has 0 saturated heterocycles. The highest BCUT2D eigenvalue weighted by atomic mass is 79.9. The maximum absolute atomic E-state index is 11.1. The van der Waals surface area contributed by atoms with Crippen molar-refractivity contribution in [2.75, 3.05) is 29.7 Å². The molecule has 0 bridgehead atoms. The minimum Gasteiger partial charge on any atom is -0.502 e. The fraction of sp³-hybridized carbons (Fsp3) is 0.158. The zero-order valence-electron chi connectivity index (χ0n) is 17.1. The molecule has 0 atom stereocenters. The number of phenolic OH excluding ortho intramolecular Hbond substituents is 1. The van der Waals surface area contributed by atoms with Gasteiger partial charge in [-0.05, 0) is 11.6 Å². The molecule has 168 valence electrons. The number of nitro groups is 1. The summed E-state index contributed by atoms with van der Waals surface area (Å²) in [5, 5.41) is 28.3. The Bertz CT molecular complexity index is 1120. The Hall–Kier alpha value is -3.51. The zero-order chi connectivity index (χ0) is 22.4. The van der Waals surface area contributed by atoms with Gasteiger partial charge in [0.15, 0.2) is 0 Å². The SMILES string of the molecule is CN(C)c1nc(NCc2ccccc2)nc(NN=Cc2cc(Br)cc([N+](=O)[O-])c2O)n1.Cl. The second kappa shape index (κ2) is 11.2. The van der Waals surface area contributed by atoms with Crippen molar-refractivity contribution in [3.8, 4) is 5.75 Å². The van der Waals surface area contributed by atoms with Crippen molar-refractivity contribution in [3.05, 3.63) is 68.2 Å². The van der Waals surface area contributed by atoms with Crippen LogP contribution < -0.4 is 15.6 Å². The zero-order valence-corrected chi connectivity index (χ0v) is 19.5. The molecule has 3 N–H and O–H groups in total. The van der Waals surface area contributed by atoms with Crippen LogP contribution in [0.3, 0.4) is 0 Å². The second-order valence-electron chi connectivity index (χ2n) is 6.51. The number of anilines is 3. The first-order chi connectivity index (χ1) is 14.8. The van der Waals surface area contributed by atoms with Crippen molar-refractivity contribution in [3.63, 3.8) is 0 Å². The summed E-state index contributed by atoms with van der Waals surface area (Å²) in [7, 11) is 3.59. The average Bonchev–Trinajstić information content (AvgIpc) is 2.75. The van der Waals surface area contributed by atoms with Crippen molar-refractivity contribution in [2.45, 2.75) is 6.54 Å². The molecule has 0 aliphatic heterocycles. The van der Waals surface area contributed by atoms with E-state index in [9.17, 15) is 15.2 Å². The van der Waals surface area contributed by atoms with Gasteiger partial charge in [-0.15, -0.1) is 12.4 Å². The van der Waals surface area contributed by atoms with Crippen LogP contribution in [0.2, 0.25) is 0 Å². The molecule has 3 rings (SSSR count). The quantitative estimate of drug-likeness (QED) is 0.228. The van der Waals surface area contributed by atoms with E-state index in [1.165, 1.54) is 18.3 Å². The number of hydrogen-bond donors (Lipinski definition) is 3. The molecule has 3 aromatic rings. The van der Waals surface area contributed by atoms with Crippen LogP contribution >= 0.6 is 28.3 Å². The predicted octanol–water partition coefficient (Wildman–Crippen LogP) is 3.79. The van der Waals surface area contributed by atoms with Gasteiger partial charge in [-0.25, -0.2) is 5.43 Å². The van der Waals surface area contributed by atoms with Gasteiger partial charge in [0, 0.05) is 36.7 Å². The lowest BCUT2D eigenvalue weighted by molar-refractivity contribution is -0.385. The number of aromatic hydroxyl groups is 1. The molecular formula is C19H20BrClN8O3. The van der Waals surface area contributed by atoms with Crippen LogP contribution in [0.4, 0.5) is 23.5 Å². The van der Waals surface area contributed by atoms with Crippen LogP contribution in [0.15, 0.2) is 52.0 Å². The topological polar surface area (TPSA) is 142 Å². The maximum Gasteiger partial charge on any atom is 0.312 e. The highest BCUT2D eigenvalue weighted by molar-refractivity contribution is 9.10. The fourth-order valence-electron chi connectivity index (χ4n) is 2.47. The number of nitrogens with zero attached hydrogens (tertiary/aromatic N) is 6. The van der Waals surface area contributed by atoms with Gasteiger partial charge in [-0.1, -0.05) is 46.3 Å². The molecule has 13 heteroatoms. The van der Waals surface area contributed by atoms with E-state index in [-0.39, 0.29) is 23.9 Å². The summed E-state index contributed by atoms with van der Waals surface area (Å²) in [5.41, 5.74) is 3.45. The van der Waals surface area contributed by atoms with Crippen molar-refractivity contribution in [1.82, 2.24) is 15.0 Å². The van der Waals surface area contributed by atoms with Crippen molar-refractivity contribution in [2.24, 2.45) is 5.10 Å². The Labute approximate surface area is 198 Å². The number of nitro benzene ring substituents is 1. The largest absolute Gasteiger partial charge is 0.502 e. The summed E-state index contributed by atoms with van der Waals surface area (Å²) in [6.07, 6.45) is 1.24. The summed E-state index contributed by atoms with van der Waals surface area (Å²) in [6, 6.07) is 12.5. The maximum atomic E-state index is 11.1. The minimum atomic E-state index is -0.676. The molecule has 2 aromatic carbocycles. The van der Waals surface area contributed by atoms with Gasteiger partial charge in [0.25, 0.3) is 0 Å². The van der Waals surface area contributed by atoms with Gasteiger partial charge in [0.1, 0.15) is 0 Å². The molecule has 0 saturated carbocycles. The smallest absolute Gasteiger partial charge is 0.312 e. The highest BCUT2D eigenvalue weighted by Gasteiger charge is 2.17. The van der Waals surface area contributed by atoms with Crippen molar-refractivity contribution < 1.29 is 10.0 Å². The first kappa shape index (κ1) is 24.8. The van der Waals surface area contributed by atoms with E-state index < -0.39 is 16.4 Å². The summed E-state index contributed by atoms with van der Waals surface area (Å²) in [4.78, 5) is 25.0. The van der Waals surface area contributed by atoms with E-state index in [0.717, 1.165) is 5.56 Å². The van der Waals surface area contributed by atoms with Crippen molar-refractivity contribution in [1.29, 1.82) is 0 Å². The van der Waals surface area contributed by atoms with Gasteiger partial charge in [0.2, 0.25) is 23.6 Å². The normalized spacial score (nSPS) is 10.5. The number of hydrazone groups is 1. The van der Waals surface area contributed by atoms with Gasteiger partial charge in [0.05, 0.1) is 11.1 Å². The lowest BCUT2D eigenvalue weighted by Gasteiger charge is -2.13. The van der Waals surface area contributed by atoms with Crippen LogP contribution in [-0.4, -0.2) is 45.3 Å². The summed E-state index contributed by atoms with van der Waals surface area (Å²) in [5.74, 6) is 0.425. The Kier molecular flexibility index (Phi) is 8.67. The monoisotopic (exact) mass is 522 g/mol. The molecule has 1 aromatic heterocycles. The molecule has 32 heavy (non-hydrogen) atoms.